The first-order chi connectivity index (χ1) is 6.25. The van der Waals surface area contributed by atoms with E-state index in [0.717, 1.165) is 0 Å². The Balaban J connectivity index is 3.25. The predicted molar refractivity (Wildman–Crippen MR) is 58.6 cm³/mol. The molecular weight excluding hydrogens is 243 g/mol. The summed E-state index contributed by atoms with van der Waals surface area (Å²) in [6.07, 6.45) is 0. The van der Waals surface area contributed by atoms with Gasteiger partial charge in [-0.15, -0.1) is 11.6 Å². The van der Waals surface area contributed by atoms with Crippen LogP contribution in [0.1, 0.15) is 13.8 Å². The molecule has 0 bridgehead atoms. The Morgan fingerprint density at radius 1 is 1.14 bits per heavy atom. The van der Waals surface area contributed by atoms with Crippen LogP contribution in [0.4, 0.5) is 0 Å². The van der Waals surface area contributed by atoms with E-state index in [4.69, 9.17) is 23.2 Å². The fourth-order valence-electron chi connectivity index (χ4n) is 0.894. The maximum Gasteiger partial charge on any atom is 0.197 e. The van der Waals surface area contributed by atoms with Crippen molar-refractivity contribution in [1.29, 1.82) is 0 Å². The zero-order valence-electron chi connectivity index (χ0n) is 7.79. The van der Waals surface area contributed by atoms with Gasteiger partial charge in [-0.25, -0.2) is 8.42 Å². The molecule has 1 aromatic carbocycles. The number of halogens is 2. The number of alkyl halides is 1. The Bertz CT molecular complexity index is 415. The third kappa shape index (κ3) is 2.22. The number of benzene rings is 1. The molecule has 0 aromatic heterocycles. The molecule has 5 heteroatoms. The molecule has 14 heavy (non-hydrogen) atoms. The van der Waals surface area contributed by atoms with Gasteiger partial charge in [0.2, 0.25) is 0 Å². The quantitative estimate of drug-likeness (QED) is 0.759. The second kappa shape index (κ2) is 3.72. The van der Waals surface area contributed by atoms with E-state index >= 15 is 0 Å². The van der Waals surface area contributed by atoms with Crippen molar-refractivity contribution in [2.45, 2.75) is 22.9 Å². The molecule has 0 saturated carbocycles. The van der Waals surface area contributed by atoms with Crippen molar-refractivity contribution in [3.63, 3.8) is 0 Å². The van der Waals surface area contributed by atoms with Crippen LogP contribution in [-0.4, -0.2) is 12.6 Å². The van der Waals surface area contributed by atoms with Crippen molar-refractivity contribution >= 4 is 33.0 Å². The number of sulfone groups is 1. The second-order valence-corrected chi connectivity index (χ2v) is 7.43. The van der Waals surface area contributed by atoms with Gasteiger partial charge in [0.15, 0.2) is 9.84 Å². The summed E-state index contributed by atoms with van der Waals surface area (Å²) in [5, 5.41) is 0.497. The van der Waals surface area contributed by atoms with Gasteiger partial charge in [-0.1, -0.05) is 11.6 Å². The molecule has 0 unspecified atom stereocenters. The smallest absolute Gasteiger partial charge is 0.197 e. The summed E-state index contributed by atoms with van der Waals surface area (Å²) in [5.74, 6) is 0. The molecular formula is C9H10Cl2O2S. The molecule has 0 saturated heterocycles. The molecule has 0 aliphatic carbocycles. The van der Waals surface area contributed by atoms with Gasteiger partial charge >= 0.3 is 0 Å². The van der Waals surface area contributed by atoms with Crippen LogP contribution in [0.5, 0.6) is 0 Å². The lowest BCUT2D eigenvalue weighted by molar-refractivity contribution is 0.581. The van der Waals surface area contributed by atoms with Crippen LogP contribution in [0.2, 0.25) is 5.02 Å². The third-order valence-corrected chi connectivity index (χ3v) is 4.80. The number of hydrogen-bond donors (Lipinski definition) is 0. The molecule has 0 spiro atoms. The van der Waals surface area contributed by atoms with Gasteiger partial charge < -0.3 is 0 Å². The highest BCUT2D eigenvalue weighted by Gasteiger charge is 2.33. The summed E-state index contributed by atoms with van der Waals surface area (Å²) >= 11 is 11.4. The lowest BCUT2D eigenvalue weighted by Crippen LogP contribution is -2.24. The molecule has 0 fully saturated rings. The molecule has 0 N–H and O–H groups in total. The molecule has 1 aromatic rings. The minimum Gasteiger partial charge on any atom is -0.222 e. The Labute approximate surface area is 93.8 Å². The first kappa shape index (κ1) is 11.8. The summed E-state index contributed by atoms with van der Waals surface area (Å²) in [4.78, 5) is 0.182. The van der Waals surface area contributed by atoms with Crippen LogP contribution in [0.15, 0.2) is 29.2 Å². The fraction of sp³-hybridized carbons (Fsp3) is 0.333. The Morgan fingerprint density at radius 2 is 1.57 bits per heavy atom. The largest absolute Gasteiger partial charge is 0.222 e. The fourth-order valence-corrected chi connectivity index (χ4v) is 2.34. The lowest BCUT2D eigenvalue weighted by atomic mass is 10.4. The molecule has 1 rings (SSSR count). The molecule has 0 heterocycles. The molecule has 0 atom stereocenters. The van der Waals surface area contributed by atoms with Crippen LogP contribution < -0.4 is 0 Å². The molecule has 2 nitrogen and oxygen atoms in total. The van der Waals surface area contributed by atoms with Crippen LogP contribution in [0, 0.1) is 0 Å². The van der Waals surface area contributed by atoms with Crippen molar-refractivity contribution in [2.75, 3.05) is 0 Å². The number of hydrogen-bond acceptors (Lipinski definition) is 2. The van der Waals surface area contributed by atoms with E-state index in [1.54, 1.807) is 0 Å². The highest BCUT2D eigenvalue weighted by Crippen LogP contribution is 2.29. The van der Waals surface area contributed by atoms with Crippen LogP contribution in [-0.2, 0) is 9.84 Å². The summed E-state index contributed by atoms with van der Waals surface area (Å²) in [5.41, 5.74) is 0. The van der Waals surface area contributed by atoms with Gasteiger partial charge in [-0.2, -0.15) is 0 Å². The summed E-state index contributed by atoms with van der Waals surface area (Å²) in [7, 11) is -3.49. The normalized spacial score (nSPS) is 12.9. The summed E-state index contributed by atoms with van der Waals surface area (Å²) in [6.45, 7) is 2.89. The van der Waals surface area contributed by atoms with Gasteiger partial charge in [-0.05, 0) is 38.1 Å². The van der Waals surface area contributed by atoms with Crippen LogP contribution >= 0.6 is 23.2 Å². The first-order valence-electron chi connectivity index (χ1n) is 3.94. The van der Waals surface area contributed by atoms with Crippen LogP contribution in [0.25, 0.3) is 0 Å². The van der Waals surface area contributed by atoms with Crippen molar-refractivity contribution in [3.8, 4) is 0 Å². The lowest BCUT2D eigenvalue weighted by Gasteiger charge is -2.16. The summed E-state index contributed by atoms with van der Waals surface area (Å²) < 4.78 is 22.3. The van der Waals surface area contributed by atoms with Gasteiger partial charge in [-0.3, -0.25) is 0 Å². The zero-order valence-corrected chi connectivity index (χ0v) is 10.1. The Kier molecular flexibility index (Phi) is 3.14. The van der Waals surface area contributed by atoms with Crippen molar-refractivity contribution in [2.24, 2.45) is 0 Å². The monoisotopic (exact) mass is 252 g/mol. The predicted octanol–water partition coefficient (Wildman–Crippen LogP) is 3.09. The maximum absolute atomic E-state index is 11.8. The average Bonchev–Trinajstić information content (AvgIpc) is 2.03. The summed E-state index contributed by atoms with van der Waals surface area (Å²) in [6, 6.07) is 5.94. The topological polar surface area (TPSA) is 34.1 Å². The van der Waals surface area contributed by atoms with Crippen LogP contribution in [0.3, 0.4) is 0 Å². The molecule has 78 valence electrons. The van der Waals surface area contributed by atoms with Crippen molar-refractivity contribution < 1.29 is 8.42 Å². The van der Waals surface area contributed by atoms with Gasteiger partial charge in [0.1, 0.15) is 4.21 Å². The van der Waals surface area contributed by atoms with Gasteiger partial charge in [0, 0.05) is 5.02 Å². The molecule has 0 radical (unpaired) electrons. The zero-order chi connectivity index (χ0) is 11.0. The van der Waals surface area contributed by atoms with E-state index in [1.807, 2.05) is 0 Å². The van der Waals surface area contributed by atoms with E-state index in [0.29, 0.717) is 5.02 Å². The van der Waals surface area contributed by atoms with Crippen molar-refractivity contribution in [3.05, 3.63) is 29.3 Å². The molecule has 0 aliphatic heterocycles. The Morgan fingerprint density at radius 3 is 1.93 bits per heavy atom. The third-order valence-electron chi connectivity index (χ3n) is 1.76. The van der Waals surface area contributed by atoms with Gasteiger partial charge in [0.05, 0.1) is 4.90 Å². The van der Waals surface area contributed by atoms with E-state index in [2.05, 4.69) is 0 Å². The van der Waals surface area contributed by atoms with E-state index in [9.17, 15) is 8.42 Å². The second-order valence-electron chi connectivity index (χ2n) is 3.32. The van der Waals surface area contributed by atoms with Gasteiger partial charge in [0.25, 0.3) is 0 Å². The highest BCUT2D eigenvalue weighted by atomic mass is 35.5. The average molecular weight is 253 g/mol. The standard InChI is InChI=1S/C9H10Cl2O2S/c1-9(2,11)14(12,13)8-5-3-7(10)4-6-8/h3-6H,1-2H3. The maximum atomic E-state index is 11.8. The SMILES string of the molecule is CC(C)(Cl)S(=O)(=O)c1ccc(Cl)cc1. The first-order valence-corrected chi connectivity index (χ1v) is 6.18. The minimum absolute atomic E-state index is 0.182. The minimum atomic E-state index is -3.49. The highest BCUT2D eigenvalue weighted by molar-refractivity contribution is 7.94. The number of rotatable bonds is 2. The molecule has 0 aliphatic rings. The van der Waals surface area contributed by atoms with E-state index in [1.165, 1.54) is 38.1 Å². The van der Waals surface area contributed by atoms with E-state index in [-0.39, 0.29) is 4.90 Å². The Hall–Kier alpha value is -0.250. The van der Waals surface area contributed by atoms with Crippen molar-refractivity contribution in [1.82, 2.24) is 0 Å². The molecule has 0 amide bonds. The van der Waals surface area contributed by atoms with E-state index < -0.39 is 14.0 Å².